The van der Waals surface area contributed by atoms with Crippen LogP contribution < -0.4 is 5.06 Å². The summed E-state index contributed by atoms with van der Waals surface area (Å²) in [5.41, 5.74) is 2.71. The molecule has 1 fully saturated rings. The summed E-state index contributed by atoms with van der Waals surface area (Å²) in [6.45, 7) is 8.49. The molecule has 36 heavy (non-hydrogen) atoms. The van der Waals surface area contributed by atoms with E-state index in [4.69, 9.17) is 9.47 Å². The van der Waals surface area contributed by atoms with Crippen molar-refractivity contribution in [1.82, 2.24) is 19.5 Å². The van der Waals surface area contributed by atoms with E-state index in [1.807, 2.05) is 32.3 Å². The third-order valence-electron chi connectivity index (χ3n) is 7.18. The summed E-state index contributed by atoms with van der Waals surface area (Å²) >= 11 is 0. The highest BCUT2D eigenvalue weighted by atomic mass is 16.5. The monoisotopic (exact) mass is 492 g/mol. The van der Waals surface area contributed by atoms with Crippen molar-refractivity contribution in [2.45, 2.75) is 58.6 Å². The zero-order valence-corrected chi connectivity index (χ0v) is 21.6. The average Bonchev–Trinajstić information content (AvgIpc) is 3.25. The van der Waals surface area contributed by atoms with E-state index in [9.17, 15) is 10.5 Å². The van der Waals surface area contributed by atoms with E-state index in [2.05, 4.69) is 32.5 Å². The molecule has 2 aromatic heterocycles. The molecule has 1 aromatic carbocycles. The second-order valence-electron chi connectivity index (χ2n) is 10.7. The van der Waals surface area contributed by atoms with Gasteiger partial charge in [-0.15, -0.1) is 0 Å². The first-order valence-corrected chi connectivity index (χ1v) is 12.5. The first-order valence-electron chi connectivity index (χ1n) is 12.5. The number of aromatic nitrogens is 4. The average molecular weight is 493 g/mol. The molecule has 0 aliphatic heterocycles. The van der Waals surface area contributed by atoms with Crippen LogP contribution in [-0.2, 0) is 21.6 Å². The van der Waals surface area contributed by atoms with Crippen molar-refractivity contribution in [3.63, 3.8) is 0 Å². The van der Waals surface area contributed by atoms with Gasteiger partial charge >= 0.3 is 0 Å². The fourth-order valence-electron chi connectivity index (χ4n) is 5.24. The van der Waals surface area contributed by atoms with Crippen molar-refractivity contribution >= 4 is 16.9 Å². The van der Waals surface area contributed by atoms with Gasteiger partial charge in [-0.3, -0.25) is 10.2 Å². The van der Waals surface area contributed by atoms with Gasteiger partial charge in [0.2, 0.25) is 0 Å². The van der Waals surface area contributed by atoms with E-state index >= 15 is 0 Å². The van der Waals surface area contributed by atoms with Crippen molar-refractivity contribution in [3.05, 3.63) is 48.2 Å². The molecule has 0 saturated heterocycles. The van der Waals surface area contributed by atoms with Crippen LogP contribution in [0.2, 0.25) is 0 Å². The van der Waals surface area contributed by atoms with E-state index in [-0.39, 0.29) is 5.41 Å². The zero-order chi connectivity index (χ0) is 25.8. The van der Waals surface area contributed by atoms with Gasteiger partial charge in [-0.1, -0.05) is 13.3 Å². The number of nitriles is 1. The Kier molecular flexibility index (Phi) is 7.88. The minimum atomic E-state index is -0.596. The van der Waals surface area contributed by atoms with Crippen LogP contribution >= 0.6 is 0 Å². The molecular weight excluding hydrogens is 456 g/mol. The summed E-state index contributed by atoms with van der Waals surface area (Å²) in [5.74, 6) is 0.761. The molecule has 0 amide bonds. The molecule has 1 N–H and O–H groups in total. The maximum absolute atomic E-state index is 10.8. The topological polar surface area (TPSA) is 109 Å². The Morgan fingerprint density at radius 1 is 1.25 bits per heavy atom. The van der Waals surface area contributed by atoms with Gasteiger partial charge in [0.1, 0.15) is 5.60 Å². The normalized spacial score (nSPS) is 20.4. The van der Waals surface area contributed by atoms with Crippen molar-refractivity contribution in [1.29, 1.82) is 5.26 Å². The van der Waals surface area contributed by atoms with Gasteiger partial charge in [-0.05, 0) is 62.6 Å². The highest BCUT2D eigenvalue weighted by molar-refractivity contribution is 5.77. The third kappa shape index (κ3) is 6.01. The number of anilines is 1. The molecule has 3 aromatic rings. The number of fused-ring (bicyclic) bond motifs is 1. The van der Waals surface area contributed by atoms with Gasteiger partial charge in [0, 0.05) is 20.2 Å². The summed E-state index contributed by atoms with van der Waals surface area (Å²) in [5, 5.41) is 21.3. The van der Waals surface area contributed by atoms with Gasteiger partial charge in [0.25, 0.3) is 0 Å². The van der Waals surface area contributed by atoms with Crippen molar-refractivity contribution in [3.8, 4) is 6.07 Å². The minimum absolute atomic E-state index is 0.0686. The molecule has 1 aliphatic rings. The molecule has 9 heteroatoms. The highest BCUT2D eigenvalue weighted by Crippen LogP contribution is 2.41. The number of imidazole rings is 1. The summed E-state index contributed by atoms with van der Waals surface area (Å²) in [6.07, 6.45) is 9.38. The Morgan fingerprint density at radius 3 is 2.81 bits per heavy atom. The third-order valence-corrected chi connectivity index (χ3v) is 7.18. The van der Waals surface area contributed by atoms with Crippen LogP contribution in [0.4, 0.5) is 5.82 Å². The number of benzene rings is 1. The first-order chi connectivity index (χ1) is 17.2. The van der Waals surface area contributed by atoms with Crippen LogP contribution in [0.1, 0.15) is 57.7 Å². The lowest BCUT2D eigenvalue weighted by Gasteiger charge is -2.39. The molecule has 4 rings (SSSR count). The molecule has 0 bridgehead atoms. The van der Waals surface area contributed by atoms with Crippen LogP contribution in [0, 0.1) is 22.7 Å². The molecule has 9 nitrogen and oxygen atoms in total. The lowest BCUT2D eigenvalue weighted by atomic mass is 9.70. The molecular formula is C27H36N6O3. The SMILES string of the molecule is COCCOC(C)(C)c1cnc(N(O)CC2CCC[C@](C)(Cn3cnc4ccc(C#N)cc43)C2)cn1. The summed E-state index contributed by atoms with van der Waals surface area (Å²) in [6, 6.07) is 7.84. The maximum Gasteiger partial charge on any atom is 0.170 e. The molecule has 1 unspecified atom stereocenters. The molecule has 0 radical (unpaired) electrons. The van der Waals surface area contributed by atoms with Gasteiger partial charge in [-0.25, -0.2) is 15.0 Å². The zero-order valence-electron chi connectivity index (χ0n) is 21.6. The van der Waals surface area contributed by atoms with Crippen LogP contribution in [-0.4, -0.2) is 51.6 Å². The number of hydrogen-bond donors (Lipinski definition) is 1. The second kappa shape index (κ2) is 10.9. The van der Waals surface area contributed by atoms with Crippen LogP contribution in [0.15, 0.2) is 36.9 Å². The van der Waals surface area contributed by atoms with Crippen molar-refractivity contribution in [2.24, 2.45) is 11.3 Å². The largest absolute Gasteiger partial charge is 0.382 e. The molecule has 2 heterocycles. The van der Waals surface area contributed by atoms with E-state index in [1.54, 1.807) is 25.6 Å². The number of nitrogens with zero attached hydrogens (tertiary/aromatic N) is 6. The molecule has 1 saturated carbocycles. The van der Waals surface area contributed by atoms with E-state index in [0.717, 1.165) is 43.3 Å². The van der Waals surface area contributed by atoms with Gasteiger partial charge < -0.3 is 14.0 Å². The Hall–Kier alpha value is -3.06. The van der Waals surface area contributed by atoms with Gasteiger partial charge in [0.05, 0.1) is 60.3 Å². The molecule has 192 valence electrons. The van der Waals surface area contributed by atoms with E-state index in [0.29, 0.717) is 42.8 Å². The standard InChI is InChI=1S/C27H36N6O3/c1-26(2,36-11-10-35-4)24-15-30-25(16-29-24)33(34)17-21-6-5-9-27(3,13-21)18-32-19-31-22-8-7-20(14-28)12-23(22)32/h7-8,12,15-16,19,21,34H,5-6,9-11,13,17-18H2,1-4H3/t21?,27-/m0/s1. The lowest BCUT2D eigenvalue weighted by Crippen LogP contribution is -2.36. The molecule has 0 spiro atoms. The number of hydrogen-bond acceptors (Lipinski definition) is 8. The summed E-state index contributed by atoms with van der Waals surface area (Å²) in [7, 11) is 1.64. The van der Waals surface area contributed by atoms with Gasteiger partial charge in [-0.2, -0.15) is 5.26 Å². The van der Waals surface area contributed by atoms with Crippen LogP contribution in [0.3, 0.4) is 0 Å². The fourth-order valence-corrected chi connectivity index (χ4v) is 5.24. The van der Waals surface area contributed by atoms with Crippen molar-refractivity contribution in [2.75, 3.05) is 31.9 Å². The number of hydroxylamine groups is 1. The molecule has 1 aliphatic carbocycles. The molecule has 2 atom stereocenters. The van der Waals surface area contributed by atoms with Gasteiger partial charge in [0.15, 0.2) is 5.82 Å². The number of rotatable bonds is 10. The van der Waals surface area contributed by atoms with Crippen LogP contribution in [0.5, 0.6) is 0 Å². The maximum atomic E-state index is 10.8. The quantitative estimate of drug-likeness (QED) is 0.321. The lowest BCUT2D eigenvalue weighted by molar-refractivity contribution is -0.0459. The Labute approximate surface area is 212 Å². The smallest absolute Gasteiger partial charge is 0.170 e. The highest BCUT2D eigenvalue weighted by Gasteiger charge is 2.34. The van der Waals surface area contributed by atoms with Crippen LogP contribution in [0.25, 0.3) is 11.0 Å². The number of ether oxygens (including phenoxy) is 2. The summed E-state index contributed by atoms with van der Waals surface area (Å²) in [4.78, 5) is 13.5. The fraction of sp³-hybridized carbons (Fsp3) is 0.556. The van der Waals surface area contributed by atoms with E-state index < -0.39 is 5.60 Å². The predicted molar refractivity (Wildman–Crippen MR) is 137 cm³/mol. The predicted octanol–water partition coefficient (Wildman–Crippen LogP) is 4.69. The Bertz CT molecular complexity index is 1200. The van der Waals surface area contributed by atoms with E-state index in [1.165, 1.54) is 5.06 Å². The Balaban J connectivity index is 1.39. The summed E-state index contributed by atoms with van der Waals surface area (Å²) < 4.78 is 13.1. The minimum Gasteiger partial charge on any atom is -0.382 e. The van der Waals surface area contributed by atoms with Crippen molar-refractivity contribution < 1.29 is 14.7 Å². The first kappa shape index (κ1) is 26.0. The Morgan fingerprint density at radius 2 is 2.08 bits per heavy atom. The number of methoxy groups -OCH3 is 1. The second-order valence-corrected chi connectivity index (χ2v) is 10.7.